The summed E-state index contributed by atoms with van der Waals surface area (Å²) in [6.45, 7) is 0. The van der Waals surface area contributed by atoms with Crippen LogP contribution in [0.4, 0.5) is 8.78 Å². The van der Waals surface area contributed by atoms with E-state index in [0.29, 0.717) is 16.7 Å². The number of allylic oxidation sites excluding steroid dienone is 4. The van der Waals surface area contributed by atoms with Gasteiger partial charge < -0.3 is 0 Å². The van der Waals surface area contributed by atoms with Crippen LogP contribution in [0.3, 0.4) is 0 Å². The van der Waals surface area contributed by atoms with Gasteiger partial charge in [-0.3, -0.25) is 4.79 Å². The van der Waals surface area contributed by atoms with Crippen molar-refractivity contribution in [3.05, 3.63) is 119 Å². The summed E-state index contributed by atoms with van der Waals surface area (Å²) in [7, 11) is 0. The highest BCUT2D eigenvalue weighted by Crippen LogP contribution is 2.47. The van der Waals surface area contributed by atoms with E-state index in [1.807, 2.05) is 6.07 Å². The Morgan fingerprint density at radius 2 is 1.07 bits per heavy atom. The van der Waals surface area contributed by atoms with Crippen LogP contribution >= 0.6 is 0 Å². The van der Waals surface area contributed by atoms with Gasteiger partial charge in [0, 0.05) is 5.57 Å². The summed E-state index contributed by atoms with van der Waals surface area (Å²) in [6, 6.07) is 26.0. The molecule has 4 rings (SSSR count). The first-order valence-electron chi connectivity index (χ1n) is 8.68. The summed E-state index contributed by atoms with van der Waals surface area (Å²) in [5.74, 6) is -3.42. The molecule has 27 heavy (non-hydrogen) atoms. The number of halogens is 2. The molecule has 132 valence electrons. The van der Waals surface area contributed by atoms with Crippen molar-refractivity contribution in [1.29, 1.82) is 0 Å². The molecule has 0 saturated heterocycles. The largest absolute Gasteiger partial charge is 0.293 e. The Balaban J connectivity index is 1.99. The summed E-state index contributed by atoms with van der Waals surface area (Å²) in [5, 5.41) is 0. The molecule has 0 radical (unpaired) electrons. The van der Waals surface area contributed by atoms with Gasteiger partial charge in [0.2, 0.25) is 0 Å². The molecule has 3 aromatic rings. The zero-order valence-corrected chi connectivity index (χ0v) is 14.4. The Kier molecular flexibility index (Phi) is 4.51. The molecule has 1 nitrogen and oxygen atoms in total. The third-order valence-electron chi connectivity index (χ3n) is 4.73. The highest BCUT2D eigenvalue weighted by atomic mass is 19.2. The molecule has 0 fully saturated rings. The summed E-state index contributed by atoms with van der Waals surface area (Å²) in [5.41, 5.74) is 1.38. The standard InChI is InChI=1S/C24H16F2O/c25-22-19(16-10-4-1-5-11-16)20(17-12-6-2-7-13-17)24(27)21(23(22)26)18-14-8-3-9-15-18/h1-15,20H. The SMILES string of the molecule is O=C1C(c2ccccc2)=C(F)C(F)=C(c2ccccc2)C1c1ccccc1. The quantitative estimate of drug-likeness (QED) is 0.552. The van der Waals surface area contributed by atoms with Crippen molar-refractivity contribution in [2.45, 2.75) is 5.92 Å². The second-order valence-electron chi connectivity index (χ2n) is 6.36. The van der Waals surface area contributed by atoms with Crippen LogP contribution in [0.15, 0.2) is 103 Å². The van der Waals surface area contributed by atoms with E-state index in [-0.39, 0.29) is 11.1 Å². The van der Waals surface area contributed by atoms with Crippen molar-refractivity contribution in [2.24, 2.45) is 0 Å². The van der Waals surface area contributed by atoms with Gasteiger partial charge in [0.25, 0.3) is 0 Å². The van der Waals surface area contributed by atoms with Crippen molar-refractivity contribution in [2.75, 3.05) is 0 Å². The number of hydrogen-bond donors (Lipinski definition) is 0. The maximum atomic E-state index is 15.3. The lowest BCUT2D eigenvalue weighted by atomic mass is 9.76. The predicted octanol–water partition coefficient (Wildman–Crippen LogP) is 6.11. The Hall–Kier alpha value is -3.33. The van der Waals surface area contributed by atoms with Gasteiger partial charge in [-0.15, -0.1) is 0 Å². The van der Waals surface area contributed by atoms with Gasteiger partial charge in [0.15, 0.2) is 17.4 Å². The Labute approximate surface area is 156 Å². The minimum atomic E-state index is -1.10. The maximum Gasteiger partial charge on any atom is 0.178 e. The van der Waals surface area contributed by atoms with E-state index in [4.69, 9.17) is 0 Å². The van der Waals surface area contributed by atoms with E-state index in [1.165, 1.54) is 0 Å². The molecule has 0 aliphatic heterocycles. The lowest BCUT2D eigenvalue weighted by Gasteiger charge is -2.26. The molecule has 3 heteroatoms. The number of carbonyl (C=O) groups excluding carboxylic acids is 1. The molecular weight excluding hydrogens is 342 g/mol. The lowest BCUT2D eigenvalue weighted by Crippen LogP contribution is -2.22. The first-order chi connectivity index (χ1) is 13.2. The first-order valence-corrected chi connectivity index (χ1v) is 8.68. The van der Waals surface area contributed by atoms with E-state index in [0.717, 1.165) is 0 Å². The molecular formula is C24H16F2O. The van der Waals surface area contributed by atoms with Crippen molar-refractivity contribution in [3.8, 4) is 0 Å². The van der Waals surface area contributed by atoms with Crippen LogP contribution in [0.1, 0.15) is 22.6 Å². The van der Waals surface area contributed by atoms with Crippen molar-refractivity contribution < 1.29 is 13.6 Å². The van der Waals surface area contributed by atoms with Gasteiger partial charge >= 0.3 is 0 Å². The zero-order valence-electron chi connectivity index (χ0n) is 14.4. The monoisotopic (exact) mass is 358 g/mol. The molecule has 0 bridgehead atoms. The van der Waals surface area contributed by atoms with Crippen LogP contribution in [0.25, 0.3) is 11.1 Å². The van der Waals surface area contributed by atoms with Crippen LogP contribution in [0.5, 0.6) is 0 Å². The zero-order chi connectivity index (χ0) is 18.8. The number of ketones is 1. The van der Waals surface area contributed by atoms with E-state index >= 15 is 8.78 Å². The second kappa shape index (κ2) is 7.12. The molecule has 1 unspecified atom stereocenters. The Bertz CT molecular complexity index is 1040. The third kappa shape index (κ3) is 3.02. The molecule has 3 aromatic carbocycles. The van der Waals surface area contributed by atoms with Gasteiger partial charge in [0.05, 0.1) is 11.5 Å². The summed E-state index contributed by atoms with van der Waals surface area (Å²) >= 11 is 0. The van der Waals surface area contributed by atoms with Crippen LogP contribution in [-0.2, 0) is 4.79 Å². The molecule has 0 N–H and O–H groups in total. The normalized spacial score (nSPS) is 17.4. The van der Waals surface area contributed by atoms with Crippen molar-refractivity contribution in [1.82, 2.24) is 0 Å². The van der Waals surface area contributed by atoms with Gasteiger partial charge in [0.1, 0.15) is 0 Å². The molecule has 0 aromatic heterocycles. The summed E-state index contributed by atoms with van der Waals surface area (Å²) in [6.07, 6.45) is 0. The number of Topliss-reactive ketones (excluding diaryl/α,β-unsaturated/α-hetero) is 1. The molecule has 0 amide bonds. The van der Waals surface area contributed by atoms with Crippen LogP contribution in [0, 0.1) is 0 Å². The average molecular weight is 358 g/mol. The van der Waals surface area contributed by atoms with E-state index in [1.54, 1.807) is 84.9 Å². The highest BCUT2D eigenvalue weighted by molar-refractivity contribution is 6.30. The first kappa shape index (κ1) is 17.1. The average Bonchev–Trinajstić information content (AvgIpc) is 2.73. The molecule has 1 aliphatic rings. The van der Waals surface area contributed by atoms with Gasteiger partial charge in [-0.05, 0) is 16.7 Å². The van der Waals surface area contributed by atoms with Crippen LogP contribution in [0.2, 0.25) is 0 Å². The van der Waals surface area contributed by atoms with Gasteiger partial charge in [-0.2, -0.15) is 0 Å². The second-order valence-corrected chi connectivity index (χ2v) is 6.36. The highest BCUT2D eigenvalue weighted by Gasteiger charge is 2.39. The van der Waals surface area contributed by atoms with Gasteiger partial charge in [-0.25, -0.2) is 8.78 Å². The van der Waals surface area contributed by atoms with E-state index in [2.05, 4.69) is 0 Å². The molecule has 0 saturated carbocycles. The lowest BCUT2D eigenvalue weighted by molar-refractivity contribution is -0.114. The number of rotatable bonds is 3. The van der Waals surface area contributed by atoms with E-state index in [9.17, 15) is 4.79 Å². The fourth-order valence-corrected chi connectivity index (χ4v) is 3.49. The number of hydrogen-bond acceptors (Lipinski definition) is 1. The van der Waals surface area contributed by atoms with Crippen molar-refractivity contribution >= 4 is 16.9 Å². The predicted molar refractivity (Wildman–Crippen MR) is 103 cm³/mol. The molecule has 0 spiro atoms. The topological polar surface area (TPSA) is 17.1 Å². The number of carbonyl (C=O) groups is 1. The fraction of sp³-hybridized carbons (Fsp3) is 0.0417. The molecule has 1 aliphatic carbocycles. The van der Waals surface area contributed by atoms with Crippen molar-refractivity contribution in [3.63, 3.8) is 0 Å². The fourth-order valence-electron chi connectivity index (χ4n) is 3.49. The maximum absolute atomic E-state index is 15.3. The Morgan fingerprint density at radius 3 is 1.63 bits per heavy atom. The minimum absolute atomic E-state index is 0.0731. The Morgan fingerprint density at radius 1 is 0.593 bits per heavy atom. The minimum Gasteiger partial charge on any atom is -0.293 e. The smallest absolute Gasteiger partial charge is 0.178 e. The van der Waals surface area contributed by atoms with Crippen LogP contribution < -0.4 is 0 Å². The summed E-state index contributed by atoms with van der Waals surface area (Å²) in [4.78, 5) is 13.4. The molecule has 1 atom stereocenters. The third-order valence-corrected chi connectivity index (χ3v) is 4.73. The van der Waals surface area contributed by atoms with Gasteiger partial charge in [-0.1, -0.05) is 91.0 Å². The van der Waals surface area contributed by atoms with Crippen LogP contribution in [-0.4, -0.2) is 5.78 Å². The van der Waals surface area contributed by atoms with E-state index < -0.39 is 23.4 Å². The molecule has 0 heterocycles. The number of benzene rings is 3. The summed E-state index contributed by atoms with van der Waals surface area (Å²) < 4.78 is 30.3.